The fourth-order valence-corrected chi connectivity index (χ4v) is 2.66. The molecule has 1 aromatic heterocycles. The van der Waals surface area contributed by atoms with Gasteiger partial charge in [-0.1, -0.05) is 6.07 Å². The summed E-state index contributed by atoms with van der Waals surface area (Å²) in [6.07, 6.45) is -0.462. The molecule has 0 aromatic carbocycles. The van der Waals surface area contributed by atoms with Crippen LogP contribution in [0.2, 0.25) is 0 Å². The highest BCUT2D eigenvalue weighted by atomic mass is 32.1. The van der Waals surface area contributed by atoms with Crippen molar-refractivity contribution < 1.29 is 19.1 Å². The third-order valence-electron chi connectivity index (χ3n) is 2.82. The van der Waals surface area contributed by atoms with Crippen LogP contribution in [0, 0.1) is 0 Å². The second-order valence-corrected chi connectivity index (χ2v) is 6.55. The summed E-state index contributed by atoms with van der Waals surface area (Å²) in [4.78, 5) is 26.7. The lowest BCUT2D eigenvalue weighted by Crippen LogP contribution is -2.53. The highest BCUT2D eigenvalue weighted by Gasteiger charge is 2.36. The van der Waals surface area contributed by atoms with Crippen molar-refractivity contribution in [3.63, 3.8) is 0 Å². The summed E-state index contributed by atoms with van der Waals surface area (Å²) in [6, 6.07) is 2.98. The van der Waals surface area contributed by atoms with E-state index in [0.29, 0.717) is 18.0 Å². The van der Waals surface area contributed by atoms with E-state index >= 15 is 0 Å². The van der Waals surface area contributed by atoms with Crippen LogP contribution >= 0.6 is 11.3 Å². The van der Waals surface area contributed by atoms with Crippen LogP contribution in [0.15, 0.2) is 17.5 Å². The number of carbonyl (C=O) groups is 2. The molecule has 1 aliphatic heterocycles. The third-order valence-corrected chi connectivity index (χ3v) is 3.71. The number of morpholine rings is 1. The van der Waals surface area contributed by atoms with Gasteiger partial charge in [0, 0.05) is 6.54 Å². The molecule has 1 aromatic rings. The molecule has 2 heterocycles. The Labute approximate surface area is 122 Å². The average Bonchev–Trinajstić information content (AvgIpc) is 2.89. The Hall–Kier alpha value is -1.40. The van der Waals surface area contributed by atoms with E-state index in [-0.39, 0.29) is 12.4 Å². The predicted molar refractivity (Wildman–Crippen MR) is 76.2 cm³/mol. The van der Waals surface area contributed by atoms with E-state index in [1.54, 1.807) is 26.8 Å². The van der Waals surface area contributed by atoms with Crippen molar-refractivity contribution in [3.8, 4) is 0 Å². The van der Waals surface area contributed by atoms with Crippen molar-refractivity contribution in [2.75, 3.05) is 19.8 Å². The first-order valence-corrected chi connectivity index (χ1v) is 7.41. The van der Waals surface area contributed by atoms with Crippen LogP contribution in [0.4, 0.5) is 4.79 Å². The van der Waals surface area contributed by atoms with Gasteiger partial charge >= 0.3 is 6.09 Å². The molecular weight excluding hydrogens is 278 g/mol. The van der Waals surface area contributed by atoms with Gasteiger partial charge in [0.1, 0.15) is 11.6 Å². The molecule has 0 aliphatic carbocycles. The smallest absolute Gasteiger partial charge is 0.411 e. The summed E-state index contributed by atoms with van der Waals surface area (Å²) in [5.41, 5.74) is -0.577. The lowest BCUT2D eigenvalue weighted by molar-refractivity contribution is -0.0264. The van der Waals surface area contributed by atoms with Gasteiger partial charge in [-0.3, -0.25) is 9.69 Å². The summed E-state index contributed by atoms with van der Waals surface area (Å²) in [6.45, 7) is 6.43. The Kier molecular flexibility index (Phi) is 4.45. The standard InChI is InChI=1S/C14H19NO4S/c1-14(2,3)19-13(17)15-6-7-18-9-10(15)12(16)11-5-4-8-20-11/h4-5,8,10H,6-7,9H2,1-3H3. The molecule has 1 saturated heterocycles. The average molecular weight is 297 g/mol. The van der Waals surface area contributed by atoms with Gasteiger partial charge in [-0.05, 0) is 32.2 Å². The van der Waals surface area contributed by atoms with Crippen LogP contribution in [0.5, 0.6) is 0 Å². The maximum atomic E-state index is 12.4. The van der Waals surface area contributed by atoms with Gasteiger partial charge in [0.05, 0.1) is 18.1 Å². The number of ether oxygens (including phenoxy) is 2. The quantitative estimate of drug-likeness (QED) is 0.787. The van der Waals surface area contributed by atoms with Gasteiger partial charge in [-0.15, -0.1) is 11.3 Å². The Bertz CT molecular complexity index is 478. The minimum absolute atomic E-state index is 0.0921. The highest BCUT2D eigenvalue weighted by Crippen LogP contribution is 2.19. The minimum Gasteiger partial charge on any atom is -0.444 e. The molecule has 0 bridgehead atoms. The first kappa shape index (κ1) is 15.0. The Morgan fingerprint density at radius 1 is 1.45 bits per heavy atom. The third kappa shape index (κ3) is 3.58. The molecule has 6 heteroatoms. The number of rotatable bonds is 2. The molecule has 0 spiro atoms. The first-order valence-electron chi connectivity index (χ1n) is 6.53. The van der Waals surface area contributed by atoms with Crippen LogP contribution in [-0.4, -0.2) is 48.2 Å². The summed E-state index contributed by atoms with van der Waals surface area (Å²) in [7, 11) is 0. The second-order valence-electron chi connectivity index (χ2n) is 5.61. The number of Topliss-reactive ketones (excluding diaryl/α,β-unsaturated/α-hetero) is 1. The number of nitrogens with zero attached hydrogens (tertiary/aromatic N) is 1. The topological polar surface area (TPSA) is 55.8 Å². The Morgan fingerprint density at radius 2 is 2.20 bits per heavy atom. The normalized spacial score (nSPS) is 19.8. The van der Waals surface area contributed by atoms with E-state index < -0.39 is 17.7 Å². The van der Waals surface area contributed by atoms with Crippen LogP contribution in [-0.2, 0) is 9.47 Å². The van der Waals surface area contributed by atoms with E-state index in [1.165, 1.54) is 16.2 Å². The van der Waals surface area contributed by atoms with Gasteiger partial charge in [0.25, 0.3) is 0 Å². The predicted octanol–water partition coefficient (Wildman–Crippen LogP) is 2.57. The van der Waals surface area contributed by atoms with Gasteiger partial charge in [-0.2, -0.15) is 0 Å². The first-order chi connectivity index (χ1) is 9.38. The second kappa shape index (κ2) is 5.93. The van der Waals surface area contributed by atoms with E-state index in [0.717, 1.165) is 0 Å². The van der Waals surface area contributed by atoms with E-state index in [2.05, 4.69) is 0 Å². The number of thiophene rings is 1. The molecule has 0 N–H and O–H groups in total. The highest BCUT2D eigenvalue weighted by molar-refractivity contribution is 7.12. The molecule has 20 heavy (non-hydrogen) atoms. The number of amides is 1. The molecule has 1 amide bonds. The molecule has 110 valence electrons. The fraction of sp³-hybridized carbons (Fsp3) is 0.571. The van der Waals surface area contributed by atoms with Crippen molar-refractivity contribution >= 4 is 23.2 Å². The monoisotopic (exact) mass is 297 g/mol. The number of ketones is 1. The lowest BCUT2D eigenvalue weighted by atomic mass is 10.1. The summed E-state index contributed by atoms with van der Waals surface area (Å²) >= 11 is 1.37. The maximum Gasteiger partial charge on any atom is 0.411 e. The van der Waals surface area contributed by atoms with E-state index in [1.807, 2.05) is 11.4 Å². The molecule has 0 saturated carbocycles. The molecule has 1 fully saturated rings. The van der Waals surface area contributed by atoms with Crippen LogP contribution in [0.3, 0.4) is 0 Å². The summed E-state index contributed by atoms with van der Waals surface area (Å²) < 4.78 is 10.7. The zero-order valence-corrected chi connectivity index (χ0v) is 12.7. The molecule has 2 rings (SSSR count). The van der Waals surface area contributed by atoms with Gasteiger partial charge in [0.2, 0.25) is 0 Å². The van der Waals surface area contributed by atoms with E-state index in [9.17, 15) is 9.59 Å². The van der Waals surface area contributed by atoms with Gasteiger partial charge in [-0.25, -0.2) is 4.79 Å². The number of carbonyl (C=O) groups excluding carboxylic acids is 2. The van der Waals surface area contributed by atoms with E-state index in [4.69, 9.17) is 9.47 Å². The summed E-state index contributed by atoms with van der Waals surface area (Å²) in [5.74, 6) is -0.0921. The minimum atomic E-state index is -0.600. The zero-order chi connectivity index (χ0) is 14.8. The van der Waals surface area contributed by atoms with Crippen molar-refractivity contribution in [1.82, 2.24) is 4.90 Å². The van der Waals surface area contributed by atoms with Crippen molar-refractivity contribution in [2.45, 2.75) is 32.4 Å². The van der Waals surface area contributed by atoms with Gasteiger partial charge in [0.15, 0.2) is 5.78 Å². The zero-order valence-electron chi connectivity index (χ0n) is 11.9. The Morgan fingerprint density at radius 3 is 2.80 bits per heavy atom. The van der Waals surface area contributed by atoms with Crippen molar-refractivity contribution in [3.05, 3.63) is 22.4 Å². The SMILES string of the molecule is CC(C)(C)OC(=O)N1CCOCC1C(=O)c1cccs1. The molecule has 5 nitrogen and oxygen atoms in total. The lowest BCUT2D eigenvalue weighted by Gasteiger charge is -2.35. The number of hydrogen-bond acceptors (Lipinski definition) is 5. The molecule has 1 aliphatic rings. The van der Waals surface area contributed by atoms with Crippen LogP contribution in [0.25, 0.3) is 0 Å². The van der Waals surface area contributed by atoms with Crippen LogP contribution in [0.1, 0.15) is 30.4 Å². The van der Waals surface area contributed by atoms with Gasteiger partial charge < -0.3 is 9.47 Å². The largest absolute Gasteiger partial charge is 0.444 e. The van der Waals surface area contributed by atoms with Crippen LogP contribution < -0.4 is 0 Å². The Balaban J connectivity index is 2.13. The van der Waals surface area contributed by atoms with Crippen molar-refractivity contribution in [2.24, 2.45) is 0 Å². The fourth-order valence-electron chi connectivity index (χ4n) is 1.94. The molecule has 1 unspecified atom stereocenters. The molecular formula is C14H19NO4S. The summed E-state index contributed by atoms with van der Waals surface area (Å²) in [5, 5.41) is 1.84. The molecule has 1 atom stereocenters. The number of hydrogen-bond donors (Lipinski definition) is 0. The maximum absolute atomic E-state index is 12.4. The molecule has 0 radical (unpaired) electrons. The van der Waals surface area contributed by atoms with Crippen molar-refractivity contribution in [1.29, 1.82) is 0 Å².